The van der Waals surface area contributed by atoms with E-state index >= 15 is 0 Å². The minimum absolute atomic E-state index is 0.225. The van der Waals surface area contributed by atoms with Gasteiger partial charge in [0.05, 0.1) is 15.6 Å². The van der Waals surface area contributed by atoms with Crippen molar-refractivity contribution in [3.8, 4) is 0 Å². The third-order valence-electron chi connectivity index (χ3n) is 3.05. The van der Waals surface area contributed by atoms with Crippen molar-refractivity contribution >= 4 is 46.4 Å². The fourth-order valence-electron chi connectivity index (χ4n) is 1.98. The summed E-state index contributed by atoms with van der Waals surface area (Å²) >= 11 is 12.1. The van der Waals surface area contributed by atoms with Gasteiger partial charge >= 0.3 is 0 Å². The number of halogens is 2. The number of nitrogens with zero attached hydrogens (tertiary/aromatic N) is 3. The highest BCUT2D eigenvalue weighted by molar-refractivity contribution is 6.40. The molecule has 2 heterocycles. The van der Waals surface area contributed by atoms with Gasteiger partial charge in [0, 0.05) is 24.1 Å². The molecule has 1 amide bonds. The molecule has 0 spiro atoms. The molecule has 3 rings (SSSR count). The van der Waals surface area contributed by atoms with Gasteiger partial charge in [-0.05, 0) is 24.3 Å². The first kappa shape index (κ1) is 16.2. The number of amides is 1. The molecule has 8 heteroatoms. The maximum Gasteiger partial charge on any atom is 0.258 e. The number of nitrogens with one attached hydrogen (secondary N) is 2. The number of carbonyl (C=O) groups excluding carboxylic acids is 1. The van der Waals surface area contributed by atoms with Crippen LogP contribution in [0.25, 0.3) is 0 Å². The topological polar surface area (TPSA) is 79.8 Å². The van der Waals surface area contributed by atoms with Gasteiger partial charge in [-0.25, -0.2) is 15.0 Å². The quantitative estimate of drug-likeness (QED) is 0.730. The van der Waals surface area contributed by atoms with Crippen molar-refractivity contribution in [1.82, 2.24) is 15.0 Å². The number of carbonyl (C=O) groups is 1. The number of rotatable bonds is 4. The molecule has 0 radical (unpaired) electrons. The summed E-state index contributed by atoms with van der Waals surface area (Å²) < 4.78 is 0. The van der Waals surface area contributed by atoms with Crippen molar-refractivity contribution in [3.05, 3.63) is 70.7 Å². The summed E-state index contributed by atoms with van der Waals surface area (Å²) in [6.45, 7) is 0. The lowest BCUT2D eigenvalue weighted by Gasteiger charge is -2.10. The second-order valence-corrected chi connectivity index (χ2v) is 5.51. The molecule has 2 aromatic heterocycles. The van der Waals surface area contributed by atoms with E-state index in [4.69, 9.17) is 23.2 Å². The second kappa shape index (κ2) is 7.25. The van der Waals surface area contributed by atoms with E-state index in [-0.39, 0.29) is 15.6 Å². The van der Waals surface area contributed by atoms with Crippen molar-refractivity contribution in [3.63, 3.8) is 0 Å². The largest absolute Gasteiger partial charge is 0.325 e. The van der Waals surface area contributed by atoms with E-state index in [1.807, 2.05) is 0 Å². The van der Waals surface area contributed by atoms with Crippen LogP contribution in [-0.4, -0.2) is 20.9 Å². The normalized spacial score (nSPS) is 10.2. The summed E-state index contributed by atoms with van der Waals surface area (Å²) in [6, 6.07) is 9.93. The number of hydrogen-bond donors (Lipinski definition) is 2. The summed E-state index contributed by atoms with van der Waals surface area (Å²) in [5.41, 5.74) is 0.769. The van der Waals surface area contributed by atoms with Gasteiger partial charge in [0.25, 0.3) is 5.91 Å². The van der Waals surface area contributed by atoms with Crippen molar-refractivity contribution in [2.24, 2.45) is 0 Å². The van der Waals surface area contributed by atoms with Crippen LogP contribution in [0.3, 0.4) is 0 Å². The lowest BCUT2D eigenvalue weighted by Crippen LogP contribution is -2.13. The number of pyridine rings is 1. The smallest absolute Gasteiger partial charge is 0.258 e. The standard InChI is InChI=1S/C16H11Cl2N5O/c17-11-2-1-3-12(18)15(11)16(24)22-10-4-7-20-14(8-10)23-13-5-6-19-9-21-13/h1-9H,(H2,19,20,21,22,23,24). The molecule has 2 N–H and O–H groups in total. The summed E-state index contributed by atoms with van der Waals surface area (Å²) in [4.78, 5) is 24.5. The molecule has 0 fully saturated rings. The molecule has 0 aliphatic heterocycles. The summed E-state index contributed by atoms with van der Waals surface area (Å²) in [5.74, 6) is 0.719. The van der Waals surface area contributed by atoms with Gasteiger partial charge in [-0.3, -0.25) is 4.79 Å². The fourth-order valence-corrected chi connectivity index (χ4v) is 2.55. The Morgan fingerprint density at radius 3 is 2.46 bits per heavy atom. The van der Waals surface area contributed by atoms with E-state index in [0.29, 0.717) is 17.3 Å². The molecule has 24 heavy (non-hydrogen) atoms. The Hall–Kier alpha value is -2.70. The zero-order valence-corrected chi connectivity index (χ0v) is 13.7. The van der Waals surface area contributed by atoms with Crippen molar-refractivity contribution in [2.45, 2.75) is 0 Å². The molecule has 6 nitrogen and oxygen atoms in total. The Morgan fingerprint density at radius 1 is 0.958 bits per heavy atom. The van der Waals surface area contributed by atoms with Crippen LogP contribution in [0.2, 0.25) is 10.0 Å². The van der Waals surface area contributed by atoms with E-state index in [2.05, 4.69) is 25.6 Å². The second-order valence-electron chi connectivity index (χ2n) is 4.70. The SMILES string of the molecule is O=C(Nc1ccnc(Nc2ccncn2)c1)c1c(Cl)cccc1Cl. The van der Waals surface area contributed by atoms with Gasteiger partial charge in [-0.1, -0.05) is 29.3 Å². The Kier molecular flexibility index (Phi) is 4.88. The van der Waals surface area contributed by atoms with Crippen LogP contribution in [0.15, 0.2) is 55.1 Å². The van der Waals surface area contributed by atoms with E-state index in [9.17, 15) is 4.79 Å². The average molecular weight is 360 g/mol. The Labute approximate surface area is 147 Å². The van der Waals surface area contributed by atoms with Gasteiger partial charge in [0.15, 0.2) is 0 Å². The third kappa shape index (κ3) is 3.79. The lowest BCUT2D eigenvalue weighted by atomic mass is 10.2. The van der Waals surface area contributed by atoms with Crippen LogP contribution in [-0.2, 0) is 0 Å². The van der Waals surface area contributed by atoms with Crippen LogP contribution in [0.4, 0.5) is 17.3 Å². The molecule has 3 aromatic rings. The molecule has 0 saturated carbocycles. The molecule has 0 aliphatic carbocycles. The highest BCUT2D eigenvalue weighted by atomic mass is 35.5. The molecule has 0 unspecified atom stereocenters. The van der Waals surface area contributed by atoms with Gasteiger partial charge < -0.3 is 10.6 Å². The number of anilines is 3. The maximum atomic E-state index is 12.4. The first-order chi connectivity index (χ1) is 11.6. The predicted octanol–water partition coefficient (Wildman–Crippen LogP) is 4.17. The molecule has 0 saturated heterocycles. The zero-order valence-electron chi connectivity index (χ0n) is 12.2. The number of benzene rings is 1. The number of hydrogen-bond acceptors (Lipinski definition) is 5. The van der Waals surface area contributed by atoms with E-state index < -0.39 is 5.91 Å². The monoisotopic (exact) mass is 359 g/mol. The molecule has 0 bridgehead atoms. The Morgan fingerprint density at radius 2 is 1.75 bits per heavy atom. The van der Waals surface area contributed by atoms with Crippen LogP contribution in [0.5, 0.6) is 0 Å². The van der Waals surface area contributed by atoms with Crippen LogP contribution in [0, 0.1) is 0 Å². The van der Waals surface area contributed by atoms with Gasteiger partial charge in [-0.15, -0.1) is 0 Å². The molecule has 120 valence electrons. The predicted molar refractivity (Wildman–Crippen MR) is 94.0 cm³/mol. The Balaban J connectivity index is 1.78. The van der Waals surface area contributed by atoms with Gasteiger partial charge in [-0.2, -0.15) is 0 Å². The van der Waals surface area contributed by atoms with Crippen LogP contribution < -0.4 is 10.6 Å². The first-order valence-electron chi connectivity index (χ1n) is 6.88. The van der Waals surface area contributed by atoms with E-state index in [0.717, 1.165) is 0 Å². The summed E-state index contributed by atoms with van der Waals surface area (Å²) in [5, 5.41) is 6.33. The molecular formula is C16H11Cl2N5O. The lowest BCUT2D eigenvalue weighted by molar-refractivity contribution is 0.102. The minimum atomic E-state index is -0.398. The van der Waals surface area contributed by atoms with E-state index in [1.54, 1.807) is 48.8 Å². The zero-order chi connectivity index (χ0) is 16.9. The molecular weight excluding hydrogens is 349 g/mol. The molecule has 1 aromatic carbocycles. The average Bonchev–Trinajstić information content (AvgIpc) is 2.56. The van der Waals surface area contributed by atoms with Crippen molar-refractivity contribution in [2.75, 3.05) is 10.6 Å². The first-order valence-corrected chi connectivity index (χ1v) is 7.63. The molecule has 0 atom stereocenters. The summed E-state index contributed by atoms with van der Waals surface area (Å²) in [6.07, 6.45) is 4.60. The van der Waals surface area contributed by atoms with E-state index in [1.165, 1.54) is 6.33 Å². The highest BCUT2D eigenvalue weighted by Gasteiger charge is 2.14. The molecule has 0 aliphatic rings. The van der Waals surface area contributed by atoms with Gasteiger partial charge in [0.2, 0.25) is 0 Å². The highest BCUT2D eigenvalue weighted by Crippen LogP contribution is 2.25. The minimum Gasteiger partial charge on any atom is -0.325 e. The van der Waals surface area contributed by atoms with Crippen molar-refractivity contribution in [1.29, 1.82) is 0 Å². The maximum absolute atomic E-state index is 12.4. The summed E-state index contributed by atoms with van der Waals surface area (Å²) in [7, 11) is 0. The van der Waals surface area contributed by atoms with Crippen LogP contribution in [0.1, 0.15) is 10.4 Å². The number of aromatic nitrogens is 3. The van der Waals surface area contributed by atoms with Crippen LogP contribution >= 0.6 is 23.2 Å². The van der Waals surface area contributed by atoms with Crippen molar-refractivity contribution < 1.29 is 4.79 Å². The van der Waals surface area contributed by atoms with Gasteiger partial charge in [0.1, 0.15) is 18.0 Å². The fraction of sp³-hybridized carbons (Fsp3) is 0. The Bertz CT molecular complexity index is 853. The third-order valence-corrected chi connectivity index (χ3v) is 3.68.